The number of ether oxygens (including phenoxy) is 1. The molecule has 6 heteroatoms. The molecule has 0 spiro atoms. The van der Waals surface area contributed by atoms with Gasteiger partial charge in [0.05, 0.1) is 25.2 Å². The maximum absolute atomic E-state index is 13.1. The number of hydrogen-bond donors (Lipinski definition) is 3. The Morgan fingerprint density at radius 1 is 0.545 bits per heavy atom. The van der Waals surface area contributed by atoms with Crippen molar-refractivity contribution in [3.05, 3.63) is 60.8 Å². The number of rotatable bonds is 40. The van der Waals surface area contributed by atoms with Crippen LogP contribution < -0.4 is 5.32 Å². The first kappa shape index (κ1) is 52.6. The number of aliphatic hydroxyl groups excluding tert-OH is 2. The number of carbonyl (C=O) groups is 2. The lowest BCUT2D eigenvalue weighted by molar-refractivity contribution is -0.151. The molecular formula is C49H87NO5. The van der Waals surface area contributed by atoms with E-state index in [0.29, 0.717) is 19.3 Å². The summed E-state index contributed by atoms with van der Waals surface area (Å²) in [7, 11) is 0. The Morgan fingerprint density at radius 3 is 1.56 bits per heavy atom. The fourth-order valence-corrected chi connectivity index (χ4v) is 6.67. The Balaban J connectivity index is 4.71. The second-order valence-corrected chi connectivity index (χ2v) is 15.5. The average molecular weight is 770 g/mol. The van der Waals surface area contributed by atoms with Crippen molar-refractivity contribution in [2.45, 2.75) is 232 Å². The van der Waals surface area contributed by atoms with Crippen molar-refractivity contribution in [3.8, 4) is 0 Å². The number of amides is 1. The molecule has 0 aliphatic rings. The Kier molecular flexibility index (Phi) is 40.8. The largest absolute Gasteiger partial charge is 0.462 e. The molecule has 0 saturated heterocycles. The summed E-state index contributed by atoms with van der Waals surface area (Å²) in [6.45, 7) is 6.29. The quantitative estimate of drug-likeness (QED) is 0.0250. The second-order valence-electron chi connectivity index (χ2n) is 15.5. The fourth-order valence-electron chi connectivity index (χ4n) is 6.67. The first-order valence-electron chi connectivity index (χ1n) is 23.1. The average Bonchev–Trinajstić information content (AvgIpc) is 3.18. The molecule has 0 radical (unpaired) electrons. The SMILES string of the molecule is CC/C=C/C=C/C=C\C=C/CCCCCC(=O)OC(CCCCC/C=C/CCCCCCCCC)CC(=O)NC(CO)C(O)CCCCCCCCCCC. The third kappa shape index (κ3) is 38.2. The fraction of sp³-hybridized carbons (Fsp3) is 0.755. The van der Waals surface area contributed by atoms with E-state index in [2.05, 4.69) is 56.5 Å². The molecule has 6 nitrogen and oxygen atoms in total. The highest BCUT2D eigenvalue weighted by Crippen LogP contribution is 2.17. The molecule has 0 heterocycles. The standard InChI is InChI=1S/C49H87NO5/c1-4-7-10-13-16-19-21-23-25-26-29-31-34-37-40-45(55-49(54)42-39-36-33-30-27-24-22-20-17-14-11-8-5-2)43-48(53)50-46(44-51)47(52)41-38-35-32-28-18-15-12-9-6-3/h8,11,14,17,20,22,24-27,45-47,51-52H,4-7,9-10,12-13,15-16,18-19,21,23,28-44H2,1-3H3,(H,50,53)/b11-8+,17-14+,22-20-,26-25+,27-24-. The lowest BCUT2D eigenvalue weighted by Gasteiger charge is -2.24. The van der Waals surface area contributed by atoms with Crippen LogP contribution in [-0.2, 0) is 14.3 Å². The van der Waals surface area contributed by atoms with Gasteiger partial charge in [-0.05, 0) is 70.6 Å². The van der Waals surface area contributed by atoms with Gasteiger partial charge in [-0.2, -0.15) is 0 Å². The van der Waals surface area contributed by atoms with E-state index in [9.17, 15) is 19.8 Å². The zero-order valence-electron chi connectivity index (χ0n) is 36.0. The Morgan fingerprint density at radius 2 is 1.00 bits per heavy atom. The van der Waals surface area contributed by atoms with Crippen LogP contribution >= 0.6 is 0 Å². The Bertz CT molecular complexity index is 999. The molecule has 0 saturated carbocycles. The first-order chi connectivity index (χ1) is 27.0. The third-order valence-electron chi connectivity index (χ3n) is 10.2. The molecule has 0 rings (SSSR count). The van der Waals surface area contributed by atoms with Gasteiger partial charge in [-0.1, -0.05) is 191 Å². The maximum Gasteiger partial charge on any atom is 0.306 e. The minimum atomic E-state index is -0.797. The van der Waals surface area contributed by atoms with Crippen molar-refractivity contribution in [3.63, 3.8) is 0 Å². The third-order valence-corrected chi connectivity index (χ3v) is 10.2. The molecule has 0 aliphatic heterocycles. The highest BCUT2D eigenvalue weighted by molar-refractivity contribution is 5.77. The predicted octanol–water partition coefficient (Wildman–Crippen LogP) is 13.3. The van der Waals surface area contributed by atoms with E-state index >= 15 is 0 Å². The molecular weight excluding hydrogens is 683 g/mol. The molecule has 3 unspecified atom stereocenters. The van der Waals surface area contributed by atoms with Gasteiger partial charge in [0.2, 0.25) is 5.91 Å². The number of nitrogens with one attached hydrogen (secondary N) is 1. The van der Waals surface area contributed by atoms with Crippen molar-refractivity contribution in [2.75, 3.05) is 6.61 Å². The van der Waals surface area contributed by atoms with Gasteiger partial charge in [0.15, 0.2) is 0 Å². The zero-order chi connectivity index (χ0) is 40.3. The minimum absolute atomic E-state index is 0.0493. The summed E-state index contributed by atoms with van der Waals surface area (Å²) in [4.78, 5) is 26.0. The number of carbonyl (C=O) groups excluding carboxylic acids is 2. The minimum Gasteiger partial charge on any atom is -0.462 e. The molecule has 0 aromatic carbocycles. The number of esters is 1. The van der Waals surface area contributed by atoms with Crippen LogP contribution in [0, 0.1) is 0 Å². The van der Waals surface area contributed by atoms with Gasteiger partial charge in [-0.3, -0.25) is 9.59 Å². The molecule has 0 bridgehead atoms. The summed E-state index contributed by atoms with van der Waals surface area (Å²) < 4.78 is 5.88. The lowest BCUT2D eigenvalue weighted by Crippen LogP contribution is -2.46. The van der Waals surface area contributed by atoms with Crippen molar-refractivity contribution in [1.29, 1.82) is 0 Å². The van der Waals surface area contributed by atoms with Crippen molar-refractivity contribution in [1.82, 2.24) is 5.32 Å². The predicted molar refractivity (Wildman–Crippen MR) is 236 cm³/mol. The van der Waals surface area contributed by atoms with E-state index in [-0.39, 0.29) is 24.9 Å². The molecule has 1 amide bonds. The summed E-state index contributed by atoms with van der Waals surface area (Å²) in [6.07, 6.45) is 51.4. The van der Waals surface area contributed by atoms with E-state index in [0.717, 1.165) is 83.5 Å². The summed E-state index contributed by atoms with van der Waals surface area (Å²) in [5, 5.41) is 23.6. The summed E-state index contributed by atoms with van der Waals surface area (Å²) in [5.74, 6) is -0.539. The van der Waals surface area contributed by atoms with E-state index in [1.807, 2.05) is 30.4 Å². The van der Waals surface area contributed by atoms with Crippen LogP contribution in [0.2, 0.25) is 0 Å². The smallest absolute Gasteiger partial charge is 0.306 e. The van der Waals surface area contributed by atoms with Crippen LogP contribution in [0.3, 0.4) is 0 Å². The molecule has 55 heavy (non-hydrogen) atoms. The van der Waals surface area contributed by atoms with Crippen LogP contribution in [-0.4, -0.2) is 46.9 Å². The van der Waals surface area contributed by atoms with Gasteiger partial charge in [0.25, 0.3) is 0 Å². The second kappa shape index (κ2) is 42.7. The van der Waals surface area contributed by atoms with E-state index < -0.39 is 18.2 Å². The van der Waals surface area contributed by atoms with Crippen LogP contribution in [0.4, 0.5) is 0 Å². The van der Waals surface area contributed by atoms with Crippen molar-refractivity contribution in [2.24, 2.45) is 0 Å². The van der Waals surface area contributed by atoms with E-state index in [1.165, 1.54) is 83.5 Å². The molecule has 3 N–H and O–H groups in total. The van der Waals surface area contributed by atoms with Crippen LogP contribution in [0.25, 0.3) is 0 Å². The number of aliphatic hydroxyl groups is 2. The van der Waals surface area contributed by atoms with E-state index in [4.69, 9.17) is 4.74 Å². The van der Waals surface area contributed by atoms with Gasteiger partial charge >= 0.3 is 5.97 Å². The van der Waals surface area contributed by atoms with Crippen LogP contribution in [0.5, 0.6) is 0 Å². The summed E-state index contributed by atoms with van der Waals surface area (Å²) in [5.41, 5.74) is 0. The van der Waals surface area contributed by atoms with Gasteiger partial charge in [-0.15, -0.1) is 0 Å². The lowest BCUT2D eigenvalue weighted by atomic mass is 10.0. The van der Waals surface area contributed by atoms with Gasteiger partial charge in [-0.25, -0.2) is 0 Å². The Labute approximate surface area is 339 Å². The van der Waals surface area contributed by atoms with Crippen LogP contribution in [0.1, 0.15) is 213 Å². The van der Waals surface area contributed by atoms with Gasteiger partial charge in [0, 0.05) is 6.42 Å². The highest BCUT2D eigenvalue weighted by Gasteiger charge is 2.24. The van der Waals surface area contributed by atoms with Crippen molar-refractivity contribution < 1.29 is 24.5 Å². The molecule has 0 aliphatic carbocycles. The number of hydrogen-bond acceptors (Lipinski definition) is 5. The van der Waals surface area contributed by atoms with Gasteiger partial charge < -0.3 is 20.3 Å². The summed E-state index contributed by atoms with van der Waals surface area (Å²) >= 11 is 0. The van der Waals surface area contributed by atoms with Crippen molar-refractivity contribution >= 4 is 11.9 Å². The Hall–Kier alpha value is -2.44. The molecule has 3 atom stereocenters. The highest BCUT2D eigenvalue weighted by atomic mass is 16.5. The topological polar surface area (TPSA) is 95.9 Å². The monoisotopic (exact) mass is 770 g/mol. The molecule has 0 aromatic heterocycles. The van der Waals surface area contributed by atoms with E-state index in [1.54, 1.807) is 0 Å². The first-order valence-corrected chi connectivity index (χ1v) is 23.1. The molecule has 0 fully saturated rings. The number of allylic oxidation sites excluding steroid dienone is 10. The maximum atomic E-state index is 13.1. The summed E-state index contributed by atoms with van der Waals surface area (Å²) in [6, 6.07) is -0.713. The van der Waals surface area contributed by atoms with Gasteiger partial charge in [0.1, 0.15) is 6.10 Å². The normalized spacial score (nSPS) is 13.9. The van der Waals surface area contributed by atoms with Crippen LogP contribution in [0.15, 0.2) is 60.8 Å². The molecule has 318 valence electrons. The molecule has 0 aromatic rings. The number of unbranched alkanes of at least 4 members (excludes halogenated alkanes) is 21. The zero-order valence-corrected chi connectivity index (χ0v) is 36.0.